The SMILES string of the molecule is COc1cc(N2CCOCC2)ccc1Nc1ncc(Cl)c(Oc2cccc(NC(=O)C=CCN(C)C)c2)n1. The summed E-state index contributed by atoms with van der Waals surface area (Å²) in [4.78, 5) is 25.1. The van der Waals surface area contributed by atoms with Crippen LogP contribution in [0.4, 0.5) is 23.0 Å². The van der Waals surface area contributed by atoms with Gasteiger partial charge in [0.05, 0.1) is 32.2 Å². The van der Waals surface area contributed by atoms with E-state index < -0.39 is 0 Å². The second-order valence-electron chi connectivity index (χ2n) is 8.74. The van der Waals surface area contributed by atoms with Crippen LogP contribution in [-0.4, -0.2) is 74.8 Å². The molecule has 0 spiro atoms. The first-order valence-corrected chi connectivity index (χ1v) is 12.5. The van der Waals surface area contributed by atoms with Crippen molar-refractivity contribution in [3.8, 4) is 17.4 Å². The normalized spacial score (nSPS) is 13.6. The van der Waals surface area contributed by atoms with Gasteiger partial charge in [-0.1, -0.05) is 23.7 Å². The lowest BCUT2D eigenvalue weighted by atomic mass is 10.2. The zero-order valence-corrected chi connectivity index (χ0v) is 22.4. The van der Waals surface area contributed by atoms with Crippen molar-refractivity contribution in [2.24, 2.45) is 0 Å². The first-order valence-electron chi connectivity index (χ1n) is 12.1. The highest BCUT2D eigenvalue weighted by Gasteiger charge is 2.15. The Morgan fingerprint density at radius 2 is 2.03 bits per heavy atom. The molecule has 10 nitrogen and oxygen atoms in total. The number of hydrogen-bond donors (Lipinski definition) is 2. The third-order valence-corrected chi connectivity index (χ3v) is 5.83. The Labute approximate surface area is 227 Å². The van der Waals surface area contributed by atoms with Crippen molar-refractivity contribution in [3.05, 3.63) is 65.8 Å². The quantitative estimate of drug-likeness (QED) is 0.359. The van der Waals surface area contributed by atoms with Crippen molar-refractivity contribution in [1.82, 2.24) is 14.9 Å². The molecule has 11 heteroatoms. The number of benzene rings is 2. The fourth-order valence-corrected chi connectivity index (χ4v) is 3.84. The van der Waals surface area contributed by atoms with Crippen LogP contribution < -0.4 is 25.0 Å². The van der Waals surface area contributed by atoms with Crippen molar-refractivity contribution >= 4 is 40.5 Å². The molecule has 1 aliphatic heterocycles. The van der Waals surface area contributed by atoms with Crippen LogP contribution in [0.5, 0.6) is 17.4 Å². The monoisotopic (exact) mass is 538 g/mol. The summed E-state index contributed by atoms with van der Waals surface area (Å²) in [5.41, 5.74) is 2.33. The lowest BCUT2D eigenvalue weighted by Crippen LogP contribution is -2.36. The number of hydrogen-bond acceptors (Lipinski definition) is 9. The highest BCUT2D eigenvalue weighted by Crippen LogP contribution is 2.34. The van der Waals surface area contributed by atoms with Gasteiger partial charge in [-0.15, -0.1) is 0 Å². The van der Waals surface area contributed by atoms with Crippen LogP contribution in [0.15, 0.2) is 60.8 Å². The second-order valence-corrected chi connectivity index (χ2v) is 9.15. The molecule has 0 saturated carbocycles. The van der Waals surface area contributed by atoms with E-state index in [9.17, 15) is 4.79 Å². The van der Waals surface area contributed by atoms with Gasteiger partial charge in [-0.05, 0) is 38.4 Å². The van der Waals surface area contributed by atoms with Crippen molar-refractivity contribution in [2.75, 3.05) is 69.6 Å². The summed E-state index contributed by atoms with van der Waals surface area (Å²) in [7, 11) is 5.48. The topological polar surface area (TPSA) is 101 Å². The molecular weight excluding hydrogens is 508 g/mol. The molecule has 0 aliphatic carbocycles. The van der Waals surface area contributed by atoms with E-state index in [-0.39, 0.29) is 22.8 Å². The van der Waals surface area contributed by atoms with Gasteiger partial charge in [-0.25, -0.2) is 4.98 Å². The molecule has 1 aromatic heterocycles. The summed E-state index contributed by atoms with van der Waals surface area (Å²) in [5, 5.41) is 6.23. The lowest BCUT2D eigenvalue weighted by molar-refractivity contribution is -0.111. The van der Waals surface area contributed by atoms with Crippen LogP contribution in [0.25, 0.3) is 0 Å². The lowest BCUT2D eigenvalue weighted by Gasteiger charge is -2.29. The summed E-state index contributed by atoms with van der Waals surface area (Å²) in [6, 6.07) is 12.9. The minimum Gasteiger partial charge on any atom is -0.494 e. The Balaban J connectivity index is 1.45. The maximum Gasteiger partial charge on any atom is 0.248 e. The molecule has 200 valence electrons. The van der Waals surface area contributed by atoms with E-state index in [1.807, 2.05) is 37.2 Å². The fourth-order valence-electron chi connectivity index (χ4n) is 3.71. The van der Waals surface area contributed by atoms with Gasteiger partial charge in [-0.2, -0.15) is 4.98 Å². The number of carbonyl (C=O) groups excluding carboxylic acids is 1. The van der Waals surface area contributed by atoms with Crippen LogP contribution in [-0.2, 0) is 9.53 Å². The van der Waals surface area contributed by atoms with Gasteiger partial charge in [0.15, 0.2) is 0 Å². The molecule has 2 N–H and O–H groups in total. The van der Waals surface area contributed by atoms with Crippen molar-refractivity contribution in [1.29, 1.82) is 0 Å². The molecule has 0 atom stereocenters. The zero-order valence-electron chi connectivity index (χ0n) is 21.6. The highest BCUT2D eigenvalue weighted by atomic mass is 35.5. The van der Waals surface area contributed by atoms with Gasteiger partial charge in [-0.3, -0.25) is 4.79 Å². The maximum atomic E-state index is 12.2. The van der Waals surface area contributed by atoms with E-state index in [1.54, 1.807) is 37.5 Å². The van der Waals surface area contributed by atoms with Gasteiger partial charge in [0.25, 0.3) is 0 Å². The number of likely N-dealkylation sites (N-methyl/N-ethyl adjacent to an activating group) is 1. The van der Waals surface area contributed by atoms with E-state index in [0.29, 0.717) is 42.6 Å². The summed E-state index contributed by atoms with van der Waals surface area (Å²) >= 11 is 6.32. The number of anilines is 4. The molecule has 1 amide bonds. The van der Waals surface area contributed by atoms with Gasteiger partial charge < -0.3 is 34.6 Å². The van der Waals surface area contributed by atoms with Crippen molar-refractivity contribution in [2.45, 2.75) is 0 Å². The number of halogens is 1. The first-order chi connectivity index (χ1) is 18.4. The van der Waals surface area contributed by atoms with Crippen LogP contribution in [0.2, 0.25) is 5.02 Å². The fraction of sp³-hybridized carbons (Fsp3) is 0.296. The Morgan fingerprint density at radius 1 is 1.21 bits per heavy atom. The summed E-state index contributed by atoms with van der Waals surface area (Å²) in [6.45, 7) is 3.73. The molecule has 1 fully saturated rings. The van der Waals surface area contributed by atoms with E-state index in [1.165, 1.54) is 12.3 Å². The van der Waals surface area contributed by atoms with Crippen molar-refractivity contribution < 1.29 is 19.0 Å². The largest absolute Gasteiger partial charge is 0.494 e. The standard InChI is InChI=1S/C27H31ClN6O4/c1-33(2)11-5-8-25(35)30-19-6-4-7-21(16-19)38-26-22(28)18-29-27(32-26)31-23-10-9-20(17-24(23)36-3)34-12-14-37-15-13-34/h4-10,16-18H,11-15H2,1-3H3,(H,30,35)(H,29,31,32). The molecule has 38 heavy (non-hydrogen) atoms. The predicted octanol–water partition coefficient (Wildman–Crippen LogP) is 4.57. The zero-order chi connectivity index (χ0) is 26.9. The molecule has 1 aliphatic rings. The Bertz CT molecular complexity index is 1280. The number of aromatic nitrogens is 2. The van der Waals surface area contributed by atoms with Gasteiger partial charge in [0.2, 0.25) is 17.7 Å². The predicted molar refractivity (Wildman–Crippen MR) is 149 cm³/mol. The number of nitrogens with one attached hydrogen (secondary N) is 2. The van der Waals surface area contributed by atoms with E-state index in [2.05, 4.69) is 25.5 Å². The Kier molecular flexibility index (Phi) is 9.36. The molecule has 1 saturated heterocycles. The summed E-state index contributed by atoms with van der Waals surface area (Å²) < 4.78 is 17.0. The van der Waals surface area contributed by atoms with Gasteiger partial charge in [0, 0.05) is 49.2 Å². The number of methoxy groups -OCH3 is 1. The van der Waals surface area contributed by atoms with Gasteiger partial charge in [0.1, 0.15) is 16.5 Å². The minimum absolute atomic E-state index is 0.169. The van der Waals surface area contributed by atoms with E-state index in [4.69, 9.17) is 25.8 Å². The van der Waals surface area contributed by atoms with E-state index in [0.717, 1.165) is 18.8 Å². The number of nitrogens with zero attached hydrogens (tertiary/aromatic N) is 4. The number of carbonyl (C=O) groups is 1. The highest BCUT2D eigenvalue weighted by molar-refractivity contribution is 6.31. The van der Waals surface area contributed by atoms with Crippen LogP contribution in [0.1, 0.15) is 0 Å². The smallest absolute Gasteiger partial charge is 0.248 e. The van der Waals surface area contributed by atoms with Crippen LogP contribution in [0.3, 0.4) is 0 Å². The number of amides is 1. The number of morpholine rings is 1. The summed E-state index contributed by atoms with van der Waals surface area (Å²) in [5.74, 6) is 1.33. The average Bonchev–Trinajstić information content (AvgIpc) is 2.91. The molecule has 2 heterocycles. The third kappa shape index (κ3) is 7.58. The molecule has 2 aromatic carbocycles. The van der Waals surface area contributed by atoms with E-state index >= 15 is 0 Å². The maximum absolute atomic E-state index is 12.2. The molecular formula is C27H31ClN6O4. The van der Waals surface area contributed by atoms with Crippen molar-refractivity contribution in [3.63, 3.8) is 0 Å². The Morgan fingerprint density at radius 3 is 2.79 bits per heavy atom. The third-order valence-electron chi connectivity index (χ3n) is 5.58. The average molecular weight is 539 g/mol. The molecule has 0 radical (unpaired) electrons. The molecule has 4 rings (SSSR count). The number of rotatable bonds is 10. The molecule has 0 bridgehead atoms. The molecule has 3 aromatic rings. The Hall–Kier alpha value is -3.86. The van der Waals surface area contributed by atoms with Crippen LogP contribution >= 0.6 is 11.6 Å². The summed E-state index contributed by atoms with van der Waals surface area (Å²) in [6.07, 6.45) is 4.74. The minimum atomic E-state index is -0.232. The van der Waals surface area contributed by atoms with Gasteiger partial charge >= 0.3 is 0 Å². The van der Waals surface area contributed by atoms with Crippen LogP contribution in [0, 0.1) is 0 Å². The second kappa shape index (κ2) is 13.1. The first kappa shape index (κ1) is 27.2. The number of ether oxygens (including phenoxy) is 3. The molecule has 0 unspecified atom stereocenters.